The molecule has 1 amide bonds. The average Bonchev–Trinajstić information content (AvgIpc) is 3.34. The topological polar surface area (TPSA) is 84.2 Å². The third kappa shape index (κ3) is 3.86. The normalized spacial score (nSPS) is 20.4. The van der Waals surface area contributed by atoms with E-state index >= 15 is 4.39 Å². The van der Waals surface area contributed by atoms with Crippen LogP contribution < -0.4 is 10.6 Å². The maximum atomic E-state index is 15.0. The Morgan fingerprint density at radius 3 is 2.67 bits per heavy atom. The largest absolute Gasteiger partial charge is 0.469 e. The van der Waals surface area contributed by atoms with E-state index in [4.69, 9.17) is 4.42 Å². The molecule has 5 rings (SSSR count). The number of furan rings is 1. The van der Waals surface area contributed by atoms with Crippen LogP contribution in [-0.2, 0) is 9.59 Å². The fourth-order valence-electron chi connectivity index (χ4n) is 4.71. The van der Waals surface area contributed by atoms with E-state index in [0.717, 1.165) is 5.76 Å². The summed E-state index contributed by atoms with van der Waals surface area (Å²) >= 11 is 0. The predicted octanol–water partition coefficient (Wildman–Crippen LogP) is 4.81. The average molecular weight is 443 g/mol. The highest BCUT2D eigenvalue weighted by Crippen LogP contribution is 2.46. The number of benzene rings is 1. The first kappa shape index (κ1) is 20.9. The van der Waals surface area contributed by atoms with Crippen molar-refractivity contribution < 1.29 is 18.4 Å². The van der Waals surface area contributed by atoms with E-state index in [9.17, 15) is 9.59 Å². The predicted molar refractivity (Wildman–Crippen MR) is 121 cm³/mol. The van der Waals surface area contributed by atoms with Gasteiger partial charge in [-0.1, -0.05) is 24.3 Å². The number of halogens is 1. The van der Waals surface area contributed by atoms with Gasteiger partial charge in [-0.05, 0) is 43.7 Å². The second kappa shape index (κ2) is 8.50. The number of hydrogen-bond acceptors (Lipinski definition) is 5. The van der Waals surface area contributed by atoms with E-state index in [1.54, 1.807) is 61.8 Å². The number of carbonyl (C=O) groups excluding carboxylic acids is 2. The first-order valence-corrected chi connectivity index (χ1v) is 10.8. The monoisotopic (exact) mass is 443 g/mol. The van der Waals surface area contributed by atoms with E-state index < -0.39 is 17.6 Å². The van der Waals surface area contributed by atoms with E-state index in [-0.39, 0.29) is 18.1 Å². The Hall–Kier alpha value is -4.00. The third-order valence-corrected chi connectivity index (χ3v) is 6.14. The molecule has 0 bridgehead atoms. The lowest BCUT2D eigenvalue weighted by Gasteiger charge is -2.36. The zero-order valence-electron chi connectivity index (χ0n) is 18.0. The van der Waals surface area contributed by atoms with Crippen LogP contribution in [0.5, 0.6) is 0 Å². The van der Waals surface area contributed by atoms with Crippen molar-refractivity contribution in [2.45, 2.75) is 31.6 Å². The van der Waals surface area contributed by atoms with Gasteiger partial charge >= 0.3 is 0 Å². The minimum absolute atomic E-state index is 0.114. The van der Waals surface area contributed by atoms with Crippen molar-refractivity contribution in [3.05, 3.63) is 107 Å². The fourth-order valence-corrected chi connectivity index (χ4v) is 4.71. The molecule has 0 fully saturated rings. The van der Waals surface area contributed by atoms with Crippen molar-refractivity contribution in [3.63, 3.8) is 0 Å². The third-order valence-electron chi connectivity index (χ3n) is 6.14. The molecule has 3 heterocycles. The number of aromatic nitrogens is 1. The van der Waals surface area contributed by atoms with Crippen molar-refractivity contribution in [1.29, 1.82) is 0 Å². The maximum Gasteiger partial charge on any atom is 0.255 e. The maximum absolute atomic E-state index is 15.0. The number of Topliss-reactive ketones (excluding diaryl/α,β-unsaturated/α-hetero) is 1. The molecular formula is C26H22FN3O3. The van der Waals surface area contributed by atoms with Crippen LogP contribution in [0, 0.1) is 5.82 Å². The van der Waals surface area contributed by atoms with Crippen LogP contribution in [0.1, 0.15) is 42.9 Å². The quantitative estimate of drug-likeness (QED) is 0.604. The Morgan fingerprint density at radius 1 is 1.12 bits per heavy atom. The molecule has 2 aliphatic rings. The fraction of sp³-hybridized carbons (Fsp3) is 0.192. The van der Waals surface area contributed by atoms with Crippen LogP contribution in [0.4, 0.5) is 10.2 Å². The van der Waals surface area contributed by atoms with Gasteiger partial charge in [0.2, 0.25) is 0 Å². The highest BCUT2D eigenvalue weighted by atomic mass is 19.1. The van der Waals surface area contributed by atoms with Gasteiger partial charge in [-0.3, -0.25) is 9.59 Å². The minimum atomic E-state index is -0.823. The SMILES string of the molecule is CC1=C(C(=O)Nc2ccccn2)[C@H](c2ccccc2F)C2=C(C[C@@H](c3ccco3)CC2=O)N1. The molecule has 2 atom stereocenters. The number of hydrogen-bond donors (Lipinski definition) is 2. The number of amides is 1. The van der Waals surface area contributed by atoms with Gasteiger partial charge in [0.15, 0.2) is 5.78 Å². The lowest BCUT2D eigenvalue weighted by Crippen LogP contribution is -2.37. The van der Waals surface area contributed by atoms with Gasteiger partial charge in [0.25, 0.3) is 5.91 Å². The number of ketones is 1. The lowest BCUT2D eigenvalue weighted by molar-refractivity contribution is -0.116. The Bertz CT molecular complexity index is 1280. The Morgan fingerprint density at radius 2 is 1.94 bits per heavy atom. The summed E-state index contributed by atoms with van der Waals surface area (Å²) in [6, 6.07) is 15.1. The second-order valence-corrected chi connectivity index (χ2v) is 8.22. The summed E-state index contributed by atoms with van der Waals surface area (Å²) in [5.74, 6) is -0.850. The van der Waals surface area contributed by atoms with E-state index in [2.05, 4.69) is 15.6 Å². The van der Waals surface area contributed by atoms with Gasteiger partial charge in [-0.15, -0.1) is 0 Å². The van der Waals surface area contributed by atoms with Crippen molar-refractivity contribution in [2.24, 2.45) is 0 Å². The summed E-state index contributed by atoms with van der Waals surface area (Å²) in [6.07, 6.45) is 3.93. The zero-order valence-corrected chi connectivity index (χ0v) is 18.0. The zero-order chi connectivity index (χ0) is 22.9. The molecule has 0 spiro atoms. The van der Waals surface area contributed by atoms with Crippen LogP contribution >= 0.6 is 0 Å². The van der Waals surface area contributed by atoms with Crippen molar-refractivity contribution in [3.8, 4) is 0 Å². The van der Waals surface area contributed by atoms with E-state index in [1.807, 2.05) is 6.07 Å². The van der Waals surface area contributed by atoms with Gasteiger partial charge < -0.3 is 15.1 Å². The molecule has 0 radical (unpaired) electrons. The van der Waals surface area contributed by atoms with Crippen molar-refractivity contribution in [1.82, 2.24) is 10.3 Å². The Kier molecular flexibility index (Phi) is 5.38. The lowest BCUT2D eigenvalue weighted by atomic mass is 9.72. The van der Waals surface area contributed by atoms with Gasteiger partial charge in [0.05, 0.1) is 6.26 Å². The second-order valence-electron chi connectivity index (χ2n) is 8.22. The molecule has 6 nitrogen and oxygen atoms in total. The van der Waals surface area contributed by atoms with Gasteiger partial charge in [0, 0.05) is 52.6 Å². The van der Waals surface area contributed by atoms with Crippen molar-refractivity contribution in [2.75, 3.05) is 5.32 Å². The van der Waals surface area contributed by atoms with Crippen LogP contribution in [-0.4, -0.2) is 16.7 Å². The van der Waals surface area contributed by atoms with Gasteiger partial charge in [-0.2, -0.15) is 0 Å². The number of allylic oxidation sites excluding steroid dienone is 3. The van der Waals surface area contributed by atoms with Crippen LogP contribution in [0.15, 0.2) is 94.0 Å². The summed E-state index contributed by atoms with van der Waals surface area (Å²) in [4.78, 5) is 31.0. The van der Waals surface area contributed by atoms with Gasteiger partial charge in [-0.25, -0.2) is 9.37 Å². The molecule has 2 N–H and O–H groups in total. The molecule has 0 saturated heterocycles. The molecule has 7 heteroatoms. The van der Waals surface area contributed by atoms with Crippen molar-refractivity contribution >= 4 is 17.5 Å². The number of anilines is 1. The first-order chi connectivity index (χ1) is 16.0. The summed E-state index contributed by atoms with van der Waals surface area (Å²) in [6.45, 7) is 1.77. The standard InChI is InChI=1S/C26H22FN3O3/c1-15-23(26(32)30-22-10-4-5-11-28-22)24(17-7-2-3-8-18(17)27)25-19(29-15)13-16(14-20(25)31)21-9-6-12-33-21/h2-12,16,24,29H,13-14H2,1H3,(H,28,30,32)/t16-,24+/m1/s1. The molecule has 33 heavy (non-hydrogen) atoms. The molecule has 1 aromatic carbocycles. The number of nitrogens with one attached hydrogen (secondary N) is 2. The molecular weight excluding hydrogens is 421 g/mol. The van der Waals surface area contributed by atoms with E-state index in [0.29, 0.717) is 40.3 Å². The number of rotatable bonds is 4. The summed E-state index contributed by atoms with van der Waals surface area (Å²) in [5.41, 5.74) is 2.30. The number of dihydropyridines is 1. The molecule has 166 valence electrons. The molecule has 0 saturated carbocycles. The molecule has 2 aromatic heterocycles. The highest BCUT2D eigenvalue weighted by Gasteiger charge is 2.42. The number of nitrogens with zero attached hydrogens (tertiary/aromatic N) is 1. The Balaban J connectivity index is 1.59. The molecule has 1 aliphatic carbocycles. The summed E-state index contributed by atoms with van der Waals surface area (Å²) in [7, 11) is 0. The van der Waals surface area contributed by atoms with Gasteiger partial charge in [0.1, 0.15) is 17.4 Å². The van der Waals surface area contributed by atoms with Crippen LogP contribution in [0.2, 0.25) is 0 Å². The van der Waals surface area contributed by atoms with Crippen LogP contribution in [0.25, 0.3) is 0 Å². The number of pyridine rings is 1. The smallest absolute Gasteiger partial charge is 0.255 e. The minimum Gasteiger partial charge on any atom is -0.469 e. The first-order valence-electron chi connectivity index (χ1n) is 10.8. The highest BCUT2D eigenvalue weighted by molar-refractivity contribution is 6.09. The number of carbonyl (C=O) groups is 2. The summed E-state index contributed by atoms with van der Waals surface area (Å²) < 4.78 is 20.6. The molecule has 0 unspecified atom stereocenters. The summed E-state index contributed by atoms with van der Waals surface area (Å²) in [5, 5.41) is 6.05. The van der Waals surface area contributed by atoms with Crippen LogP contribution in [0.3, 0.4) is 0 Å². The molecule has 3 aromatic rings. The Labute approximate surface area is 190 Å². The van der Waals surface area contributed by atoms with E-state index in [1.165, 1.54) is 6.07 Å². The molecule has 1 aliphatic heterocycles.